The van der Waals surface area contributed by atoms with E-state index in [4.69, 9.17) is 0 Å². The number of pyridine rings is 1. The predicted molar refractivity (Wildman–Crippen MR) is 122 cm³/mol. The molecule has 3 heterocycles. The van der Waals surface area contributed by atoms with Crippen molar-refractivity contribution in [1.29, 1.82) is 0 Å². The van der Waals surface area contributed by atoms with Gasteiger partial charge in [-0.25, -0.2) is 8.78 Å². The van der Waals surface area contributed by atoms with Crippen LogP contribution in [-0.2, 0) is 4.79 Å². The molecule has 8 heteroatoms. The second-order valence-electron chi connectivity index (χ2n) is 9.08. The molecule has 3 unspecified atom stereocenters. The number of fused-ring (bicyclic) bond motifs is 1. The van der Waals surface area contributed by atoms with Crippen molar-refractivity contribution in [1.82, 2.24) is 15.2 Å². The van der Waals surface area contributed by atoms with Gasteiger partial charge in [-0.15, -0.1) is 11.3 Å². The Hall–Kier alpha value is -2.09. The Morgan fingerprint density at radius 3 is 2.75 bits per heavy atom. The fraction of sp³-hybridized carbons (Fsp3) is 0.625. The van der Waals surface area contributed by atoms with Gasteiger partial charge in [0, 0.05) is 32.0 Å². The van der Waals surface area contributed by atoms with E-state index in [1.165, 1.54) is 11.3 Å². The number of nitrogens with one attached hydrogen (secondary N) is 1. The summed E-state index contributed by atoms with van der Waals surface area (Å²) in [5.41, 5.74) is 0. The molecule has 2 fully saturated rings. The molecular weight excluding hydrogens is 432 g/mol. The zero-order valence-electron chi connectivity index (χ0n) is 18.3. The molecule has 0 spiro atoms. The topological polar surface area (TPSA) is 62.3 Å². The van der Waals surface area contributed by atoms with Crippen molar-refractivity contribution >= 4 is 33.2 Å². The minimum atomic E-state index is -1.20. The van der Waals surface area contributed by atoms with Gasteiger partial charge in [-0.2, -0.15) is 0 Å². The summed E-state index contributed by atoms with van der Waals surface area (Å²) in [6.45, 7) is 1.93. The van der Waals surface area contributed by atoms with Crippen LogP contribution in [0.15, 0.2) is 24.5 Å². The Bertz CT molecular complexity index is 896. The highest BCUT2D eigenvalue weighted by Gasteiger charge is 2.38. The molecule has 1 aliphatic carbocycles. The molecule has 3 atom stereocenters. The van der Waals surface area contributed by atoms with Crippen LogP contribution in [0.3, 0.4) is 0 Å². The van der Waals surface area contributed by atoms with Crippen LogP contribution >= 0.6 is 11.3 Å². The van der Waals surface area contributed by atoms with Gasteiger partial charge < -0.3 is 10.2 Å². The molecule has 2 amide bonds. The second-order valence-corrected chi connectivity index (χ2v) is 10.2. The highest BCUT2D eigenvalue weighted by Crippen LogP contribution is 2.32. The fourth-order valence-corrected chi connectivity index (χ4v) is 5.80. The maximum absolute atomic E-state index is 14.1. The molecule has 1 N–H and O–H groups in total. The summed E-state index contributed by atoms with van der Waals surface area (Å²) >= 11 is 1.45. The monoisotopic (exact) mass is 463 g/mol. The highest BCUT2D eigenvalue weighted by atomic mass is 32.1. The minimum Gasteiger partial charge on any atom is -0.351 e. The Balaban J connectivity index is 1.12. The number of halogens is 2. The van der Waals surface area contributed by atoms with Gasteiger partial charge in [0.25, 0.3) is 5.91 Å². The maximum Gasteiger partial charge on any atom is 0.261 e. The average Bonchev–Trinajstić information content (AvgIpc) is 3.25. The zero-order chi connectivity index (χ0) is 22.5. The van der Waals surface area contributed by atoms with Crippen molar-refractivity contribution < 1.29 is 18.4 Å². The van der Waals surface area contributed by atoms with Crippen LogP contribution in [0.4, 0.5) is 8.78 Å². The summed E-state index contributed by atoms with van der Waals surface area (Å²) in [7, 11) is 0. The Labute approximate surface area is 191 Å². The van der Waals surface area contributed by atoms with E-state index >= 15 is 0 Å². The van der Waals surface area contributed by atoms with E-state index in [1.807, 2.05) is 12.1 Å². The molecule has 1 aliphatic heterocycles. The molecule has 2 aromatic rings. The van der Waals surface area contributed by atoms with E-state index in [2.05, 4.69) is 10.3 Å². The average molecular weight is 464 g/mol. The number of carbonyl (C=O) groups excluding carboxylic acids is 2. The van der Waals surface area contributed by atoms with Crippen LogP contribution < -0.4 is 5.32 Å². The molecule has 1 saturated carbocycles. The SMILES string of the molecule is O=C(NCCCCC1CCN(C(=O)C2CC(F)CCC2F)CC1)c1cc2ccncc2s1. The molecule has 5 nitrogen and oxygen atoms in total. The van der Waals surface area contributed by atoms with Crippen LogP contribution in [0.1, 0.15) is 61.0 Å². The highest BCUT2D eigenvalue weighted by molar-refractivity contribution is 7.20. The number of carbonyl (C=O) groups is 2. The number of thiophene rings is 1. The molecule has 174 valence electrons. The van der Waals surface area contributed by atoms with Gasteiger partial charge in [0.15, 0.2) is 0 Å². The third-order valence-corrected chi connectivity index (χ3v) is 7.90. The Kier molecular flexibility index (Phi) is 7.71. The Morgan fingerprint density at radius 1 is 1.16 bits per heavy atom. The van der Waals surface area contributed by atoms with Crippen LogP contribution in [-0.4, -0.2) is 53.7 Å². The first kappa shape index (κ1) is 23.1. The predicted octanol–water partition coefficient (Wildman–Crippen LogP) is 4.91. The van der Waals surface area contributed by atoms with Gasteiger partial charge >= 0.3 is 0 Å². The number of piperidine rings is 1. The fourth-order valence-electron chi connectivity index (χ4n) is 4.86. The van der Waals surface area contributed by atoms with Crippen LogP contribution in [0.2, 0.25) is 0 Å². The molecule has 0 radical (unpaired) electrons. The second kappa shape index (κ2) is 10.7. The largest absolute Gasteiger partial charge is 0.351 e. The summed E-state index contributed by atoms with van der Waals surface area (Å²) in [6.07, 6.45) is 6.50. The van der Waals surface area contributed by atoms with E-state index in [0.717, 1.165) is 42.2 Å². The lowest BCUT2D eigenvalue weighted by Gasteiger charge is -2.36. The summed E-state index contributed by atoms with van der Waals surface area (Å²) in [5, 5.41) is 4.03. The van der Waals surface area contributed by atoms with E-state index < -0.39 is 18.3 Å². The number of likely N-dealkylation sites (tertiary alicyclic amines) is 1. The maximum atomic E-state index is 14.1. The first-order chi connectivity index (χ1) is 15.5. The molecule has 4 rings (SSSR count). The standard InChI is InChI=1S/C24H31F2N3O2S/c25-18-4-5-20(26)19(14-18)24(31)29-11-7-16(8-12-29)3-1-2-9-28-23(30)21-13-17-6-10-27-15-22(17)32-21/h6,10,13,15-16,18-20H,1-5,7-9,11-12,14H2,(H,28,30). The minimum absolute atomic E-state index is 0.0318. The molecule has 2 aliphatic rings. The lowest BCUT2D eigenvalue weighted by Crippen LogP contribution is -2.46. The quantitative estimate of drug-likeness (QED) is 0.594. The normalized spacial score (nSPS) is 24.6. The zero-order valence-corrected chi connectivity index (χ0v) is 19.1. The van der Waals surface area contributed by atoms with Gasteiger partial charge in [-0.05, 0) is 62.0 Å². The number of hydrogen-bond acceptors (Lipinski definition) is 4. The number of hydrogen-bond donors (Lipinski definition) is 1. The number of nitrogens with zero attached hydrogens (tertiary/aromatic N) is 2. The summed E-state index contributed by atoms with van der Waals surface area (Å²) in [5.74, 6) is -0.483. The van der Waals surface area contributed by atoms with Gasteiger partial charge in [0.1, 0.15) is 12.3 Å². The number of rotatable bonds is 7. The van der Waals surface area contributed by atoms with Gasteiger partial charge in [0.2, 0.25) is 5.91 Å². The van der Waals surface area contributed by atoms with Gasteiger partial charge in [-0.3, -0.25) is 14.6 Å². The lowest BCUT2D eigenvalue weighted by atomic mass is 9.84. The van der Waals surface area contributed by atoms with Crippen molar-refractivity contribution in [2.75, 3.05) is 19.6 Å². The summed E-state index contributed by atoms with van der Waals surface area (Å²) in [6, 6.07) is 3.81. The molecule has 2 aromatic heterocycles. The van der Waals surface area contributed by atoms with E-state index in [0.29, 0.717) is 30.4 Å². The smallest absolute Gasteiger partial charge is 0.261 e. The van der Waals surface area contributed by atoms with E-state index in [-0.39, 0.29) is 31.1 Å². The van der Waals surface area contributed by atoms with Crippen LogP contribution in [0.5, 0.6) is 0 Å². The van der Waals surface area contributed by atoms with Crippen molar-refractivity contribution in [3.05, 3.63) is 29.4 Å². The van der Waals surface area contributed by atoms with Crippen molar-refractivity contribution in [2.24, 2.45) is 11.8 Å². The van der Waals surface area contributed by atoms with Crippen LogP contribution in [0.25, 0.3) is 10.1 Å². The van der Waals surface area contributed by atoms with E-state index in [9.17, 15) is 18.4 Å². The molecule has 0 bridgehead atoms. The lowest BCUT2D eigenvalue weighted by molar-refractivity contribution is -0.141. The summed E-state index contributed by atoms with van der Waals surface area (Å²) < 4.78 is 28.8. The Morgan fingerprint density at radius 2 is 1.97 bits per heavy atom. The van der Waals surface area contributed by atoms with Crippen molar-refractivity contribution in [3.8, 4) is 0 Å². The number of unbranched alkanes of at least 4 members (excludes halogenated alkanes) is 1. The molecule has 32 heavy (non-hydrogen) atoms. The van der Waals surface area contributed by atoms with Crippen LogP contribution in [0, 0.1) is 11.8 Å². The number of amides is 2. The molecule has 1 saturated heterocycles. The third kappa shape index (κ3) is 5.63. The molecular formula is C24H31F2N3O2S. The van der Waals surface area contributed by atoms with Crippen molar-refractivity contribution in [2.45, 2.75) is 63.7 Å². The van der Waals surface area contributed by atoms with Gasteiger partial charge in [0.05, 0.1) is 15.5 Å². The van der Waals surface area contributed by atoms with Crippen molar-refractivity contribution in [3.63, 3.8) is 0 Å². The van der Waals surface area contributed by atoms with Gasteiger partial charge in [-0.1, -0.05) is 12.8 Å². The first-order valence-corrected chi connectivity index (χ1v) is 12.5. The first-order valence-electron chi connectivity index (χ1n) is 11.7. The molecule has 0 aromatic carbocycles. The summed E-state index contributed by atoms with van der Waals surface area (Å²) in [4.78, 5) is 31.5. The number of aromatic nitrogens is 1. The van der Waals surface area contributed by atoms with E-state index in [1.54, 1.807) is 17.3 Å². The third-order valence-electron chi connectivity index (χ3n) is 6.82. The number of alkyl halides is 2.